The Morgan fingerprint density at radius 3 is 2.67 bits per heavy atom. The summed E-state index contributed by atoms with van der Waals surface area (Å²) in [6.45, 7) is 2.22. The van der Waals surface area contributed by atoms with Crippen LogP contribution in [0.1, 0.15) is 21.7 Å². The zero-order chi connectivity index (χ0) is 13.0. The molecule has 0 aliphatic heterocycles. The van der Waals surface area contributed by atoms with Crippen molar-refractivity contribution in [2.75, 3.05) is 0 Å². The molecule has 1 aromatic heterocycles. The summed E-state index contributed by atoms with van der Waals surface area (Å²) < 4.78 is 0. The second-order valence-electron chi connectivity index (χ2n) is 3.83. The Bertz CT molecular complexity index is 537. The van der Waals surface area contributed by atoms with Crippen molar-refractivity contribution in [1.82, 2.24) is 15.3 Å². The standard InChI is InChI=1S/C13H12ClN3O/c1-9-7-11(17-13(14)16-9)12(18)15-8-10-5-3-2-4-6-10/h2-7H,8H2,1H3,(H,15,18). The van der Waals surface area contributed by atoms with E-state index in [9.17, 15) is 4.79 Å². The summed E-state index contributed by atoms with van der Waals surface area (Å²) in [7, 11) is 0. The summed E-state index contributed by atoms with van der Waals surface area (Å²) in [5.74, 6) is -0.258. The van der Waals surface area contributed by atoms with Gasteiger partial charge in [0.1, 0.15) is 5.69 Å². The number of rotatable bonds is 3. The van der Waals surface area contributed by atoms with Crippen LogP contribution < -0.4 is 5.32 Å². The predicted octanol–water partition coefficient (Wildman–Crippen LogP) is 2.37. The Labute approximate surface area is 110 Å². The molecule has 2 aromatic rings. The van der Waals surface area contributed by atoms with Crippen molar-refractivity contribution >= 4 is 17.5 Å². The van der Waals surface area contributed by atoms with Crippen molar-refractivity contribution in [3.63, 3.8) is 0 Å². The first-order chi connectivity index (χ1) is 8.65. The van der Waals surface area contributed by atoms with Gasteiger partial charge in [0, 0.05) is 12.2 Å². The molecule has 0 aliphatic rings. The maximum Gasteiger partial charge on any atom is 0.270 e. The lowest BCUT2D eigenvalue weighted by Crippen LogP contribution is -2.24. The largest absolute Gasteiger partial charge is 0.347 e. The van der Waals surface area contributed by atoms with Gasteiger partial charge in [-0.2, -0.15) is 0 Å². The first-order valence-corrected chi connectivity index (χ1v) is 5.86. The number of halogens is 1. The van der Waals surface area contributed by atoms with Gasteiger partial charge in [0.05, 0.1) is 0 Å². The average molecular weight is 262 g/mol. The van der Waals surface area contributed by atoms with E-state index in [1.807, 2.05) is 30.3 Å². The predicted molar refractivity (Wildman–Crippen MR) is 69.4 cm³/mol. The van der Waals surface area contributed by atoms with E-state index in [0.717, 1.165) is 5.56 Å². The van der Waals surface area contributed by atoms with Gasteiger partial charge in [0.2, 0.25) is 5.28 Å². The number of hydrogen-bond acceptors (Lipinski definition) is 3. The van der Waals surface area contributed by atoms with Gasteiger partial charge in [-0.05, 0) is 30.2 Å². The number of amides is 1. The number of nitrogens with one attached hydrogen (secondary N) is 1. The Balaban J connectivity index is 2.04. The molecular formula is C13H12ClN3O. The Morgan fingerprint density at radius 1 is 1.28 bits per heavy atom. The van der Waals surface area contributed by atoms with E-state index in [1.165, 1.54) is 0 Å². The minimum atomic E-state index is -0.258. The molecule has 0 bridgehead atoms. The summed E-state index contributed by atoms with van der Waals surface area (Å²) in [6, 6.07) is 11.3. The first kappa shape index (κ1) is 12.5. The van der Waals surface area contributed by atoms with Crippen LogP contribution in [0.2, 0.25) is 5.28 Å². The molecule has 0 atom stereocenters. The topological polar surface area (TPSA) is 54.9 Å². The van der Waals surface area contributed by atoms with E-state index < -0.39 is 0 Å². The average Bonchev–Trinajstić information content (AvgIpc) is 2.36. The molecule has 5 heteroatoms. The van der Waals surface area contributed by atoms with Gasteiger partial charge in [0.25, 0.3) is 5.91 Å². The SMILES string of the molecule is Cc1cc(C(=O)NCc2ccccc2)nc(Cl)n1. The zero-order valence-corrected chi connectivity index (χ0v) is 10.6. The van der Waals surface area contributed by atoms with Crippen molar-refractivity contribution in [2.45, 2.75) is 13.5 Å². The molecule has 92 valence electrons. The number of hydrogen-bond donors (Lipinski definition) is 1. The Morgan fingerprint density at radius 2 is 2.00 bits per heavy atom. The second kappa shape index (κ2) is 5.60. The van der Waals surface area contributed by atoms with Crippen LogP contribution in [-0.2, 0) is 6.54 Å². The van der Waals surface area contributed by atoms with Gasteiger partial charge in [-0.3, -0.25) is 4.79 Å². The summed E-state index contributed by atoms with van der Waals surface area (Å²) in [6.07, 6.45) is 0. The lowest BCUT2D eigenvalue weighted by atomic mass is 10.2. The van der Waals surface area contributed by atoms with E-state index in [-0.39, 0.29) is 16.9 Å². The summed E-state index contributed by atoms with van der Waals surface area (Å²) in [5, 5.41) is 2.87. The molecule has 1 amide bonds. The van der Waals surface area contributed by atoms with Crippen molar-refractivity contribution < 1.29 is 4.79 Å². The van der Waals surface area contributed by atoms with Crippen LogP contribution in [0.5, 0.6) is 0 Å². The molecule has 0 fully saturated rings. The molecule has 2 rings (SSSR count). The van der Waals surface area contributed by atoms with Crippen LogP contribution in [0.3, 0.4) is 0 Å². The monoisotopic (exact) mass is 261 g/mol. The van der Waals surface area contributed by atoms with Gasteiger partial charge >= 0.3 is 0 Å². The summed E-state index contributed by atoms with van der Waals surface area (Å²) >= 11 is 5.71. The van der Waals surface area contributed by atoms with Crippen LogP contribution in [0.25, 0.3) is 0 Å². The van der Waals surface area contributed by atoms with Crippen molar-refractivity contribution in [3.8, 4) is 0 Å². The quantitative estimate of drug-likeness (QED) is 0.863. The van der Waals surface area contributed by atoms with Crippen LogP contribution >= 0.6 is 11.6 Å². The maximum absolute atomic E-state index is 11.9. The third-order valence-electron chi connectivity index (χ3n) is 2.36. The third kappa shape index (κ3) is 3.28. The van der Waals surface area contributed by atoms with Crippen molar-refractivity contribution in [2.24, 2.45) is 0 Å². The fraction of sp³-hybridized carbons (Fsp3) is 0.154. The van der Waals surface area contributed by atoms with Gasteiger partial charge in [-0.15, -0.1) is 0 Å². The van der Waals surface area contributed by atoms with E-state index in [1.54, 1.807) is 13.0 Å². The maximum atomic E-state index is 11.9. The Kier molecular flexibility index (Phi) is 3.89. The molecule has 0 radical (unpaired) electrons. The summed E-state index contributed by atoms with van der Waals surface area (Å²) in [5.41, 5.74) is 1.98. The minimum Gasteiger partial charge on any atom is -0.347 e. The molecule has 18 heavy (non-hydrogen) atoms. The molecule has 0 saturated heterocycles. The number of carbonyl (C=O) groups excluding carboxylic acids is 1. The van der Waals surface area contributed by atoms with Crippen molar-refractivity contribution in [3.05, 3.63) is 58.6 Å². The third-order valence-corrected chi connectivity index (χ3v) is 2.52. The fourth-order valence-corrected chi connectivity index (χ4v) is 1.74. The molecule has 0 aliphatic carbocycles. The number of aromatic nitrogens is 2. The van der Waals surface area contributed by atoms with Gasteiger partial charge in [0.15, 0.2) is 0 Å². The molecule has 1 heterocycles. The first-order valence-electron chi connectivity index (χ1n) is 5.48. The van der Waals surface area contributed by atoms with Crippen LogP contribution in [-0.4, -0.2) is 15.9 Å². The van der Waals surface area contributed by atoms with Crippen LogP contribution in [0.15, 0.2) is 36.4 Å². The Hall–Kier alpha value is -1.94. The minimum absolute atomic E-state index is 0.0832. The van der Waals surface area contributed by atoms with Gasteiger partial charge in [-0.1, -0.05) is 30.3 Å². The van der Waals surface area contributed by atoms with Crippen LogP contribution in [0.4, 0.5) is 0 Å². The van der Waals surface area contributed by atoms with Gasteiger partial charge < -0.3 is 5.32 Å². The normalized spacial score (nSPS) is 10.1. The second-order valence-corrected chi connectivity index (χ2v) is 4.17. The lowest BCUT2D eigenvalue weighted by Gasteiger charge is -2.05. The molecule has 4 nitrogen and oxygen atoms in total. The molecule has 1 N–H and O–H groups in total. The molecule has 0 saturated carbocycles. The molecule has 0 spiro atoms. The molecule has 1 aromatic carbocycles. The summed E-state index contributed by atoms with van der Waals surface area (Å²) in [4.78, 5) is 19.7. The van der Waals surface area contributed by atoms with Crippen LogP contribution in [0, 0.1) is 6.92 Å². The fourth-order valence-electron chi connectivity index (χ4n) is 1.52. The highest BCUT2D eigenvalue weighted by Crippen LogP contribution is 2.05. The molecule has 0 unspecified atom stereocenters. The van der Waals surface area contributed by atoms with Gasteiger partial charge in [-0.25, -0.2) is 9.97 Å². The van der Waals surface area contributed by atoms with E-state index in [0.29, 0.717) is 12.2 Å². The number of benzene rings is 1. The number of carbonyl (C=O) groups is 1. The highest BCUT2D eigenvalue weighted by molar-refractivity contribution is 6.28. The van der Waals surface area contributed by atoms with E-state index >= 15 is 0 Å². The number of aryl methyl sites for hydroxylation is 1. The highest BCUT2D eigenvalue weighted by atomic mass is 35.5. The molecular weight excluding hydrogens is 250 g/mol. The van der Waals surface area contributed by atoms with E-state index in [4.69, 9.17) is 11.6 Å². The highest BCUT2D eigenvalue weighted by Gasteiger charge is 2.09. The lowest BCUT2D eigenvalue weighted by molar-refractivity contribution is 0.0945. The zero-order valence-electron chi connectivity index (χ0n) is 9.85. The van der Waals surface area contributed by atoms with E-state index in [2.05, 4.69) is 15.3 Å². The number of nitrogens with zero attached hydrogens (tertiary/aromatic N) is 2. The smallest absolute Gasteiger partial charge is 0.270 e. The van der Waals surface area contributed by atoms with Crippen molar-refractivity contribution in [1.29, 1.82) is 0 Å².